The van der Waals surface area contributed by atoms with Crippen molar-refractivity contribution in [2.75, 3.05) is 39.3 Å². The Bertz CT molecular complexity index is 798. The van der Waals surface area contributed by atoms with Crippen molar-refractivity contribution in [1.29, 1.82) is 0 Å². The fourth-order valence-corrected chi connectivity index (χ4v) is 3.12. The molecule has 0 aromatic heterocycles. The summed E-state index contributed by atoms with van der Waals surface area (Å²) in [5.74, 6) is -0.0638. The van der Waals surface area contributed by atoms with E-state index in [-0.39, 0.29) is 11.6 Å². The number of benzene rings is 2. The number of amides is 1. The van der Waals surface area contributed by atoms with E-state index >= 15 is 0 Å². The second-order valence-corrected chi connectivity index (χ2v) is 6.54. The van der Waals surface area contributed by atoms with E-state index in [2.05, 4.69) is 4.99 Å². The molecule has 3 rings (SSSR count). The van der Waals surface area contributed by atoms with Crippen molar-refractivity contribution in [3.05, 3.63) is 75.8 Å². The zero-order valence-electron chi connectivity index (χ0n) is 15.1. The number of nitro benzene ring substituents is 1. The Morgan fingerprint density at radius 1 is 1.11 bits per heavy atom. The second-order valence-electron chi connectivity index (χ2n) is 6.54. The number of nitrogens with one attached hydrogen (secondary N) is 1. The molecular weight excluding hydrogens is 344 g/mol. The number of non-ortho nitro benzene ring substituents is 1. The van der Waals surface area contributed by atoms with E-state index in [9.17, 15) is 14.9 Å². The molecule has 0 radical (unpaired) electrons. The highest BCUT2D eigenvalue weighted by Crippen LogP contribution is 2.13. The van der Waals surface area contributed by atoms with Gasteiger partial charge in [0.15, 0.2) is 0 Å². The molecule has 0 bridgehead atoms. The first-order valence-electron chi connectivity index (χ1n) is 9.05. The number of hydrogen-bond donors (Lipinski definition) is 1. The van der Waals surface area contributed by atoms with E-state index in [0.29, 0.717) is 18.7 Å². The fourth-order valence-electron chi connectivity index (χ4n) is 3.12. The monoisotopic (exact) mass is 367 g/mol. The predicted octanol–water partition coefficient (Wildman–Crippen LogP) is 1.05. The molecule has 140 valence electrons. The summed E-state index contributed by atoms with van der Waals surface area (Å²) in [5.41, 5.74) is 1.60. The molecule has 1 heterocycles. The number of rotatable bonds is 6. The zero-order valence-corrected chi connectivity index (χ0v) is 15.1. The smallest absolute Gasteiger partial charge is 0.269 e. The summed E-state index contributed by atoms with van der Waals surface area (Å²) >= 11 is 0. The average molecular weight is 367 g/mol. The maximum atomic E-state index is 12.5. The molecule has 0 saturated carbocycles. The van der Waals surface area contributed by atoms with Gasteiger partial charge in [0.05, 0.1) is 44.2 Å². The van der Waals surface area contributed by atoms with Crippen LogP contribution in [0.5, 0.6) is 0 Å². The van der Waals surface area contributed by atoms with Gasteiger partial charge in [0, 0.05) is 23.9 Å². The summed E-state index contributed by atoms with van der Waals surface area (Å²) in [6.45, 7) is 4.86. The lowest BCUT2D eigenvalue weighted by molar-refractivity contribution is -0.902. The van der Waals surface area contributed by atoms with Gasteiger partial charge >= 0.3 is 0 Å². The molecule has 0 spiro atoms. The standard InChI is InChI=1S/C20H22N4O3/c25-20(18-6-8-19(9-7-18)24(26)27)23-14-12-22(13-15-23)11-10-21-16-17-4-2-1-3-5-17/h1-9,16H,10-15H2/p+1. The number of hydrogen-bond acceptors (Lipinski definition) is 4. The lowest BCUT2D eigenvalue weighted by Gasteiger charge is -2.32. The molecule has 0 aliphatic carbocycles. The van der Waals surface area contributed by atoms with Crippen molar-refractivity contribution < 1.29 is 14.6 Å². The Morgan fingerprint density at radius 2 is 1.78 bits per heavy atom. The molecule has 1 fully saturated rings. The van der Waals surface area contributed by atoms with Gasteiger partial charge in [0.2, 0.25) is 0 Å². The molecule has 27 heavy (non-hydrogen) atoms. The van der Waals surface area contributed by atoms with E-state index in [1.807, 2.05) is 41.4 Å². The van der Waals surface area contributed by atoms with E-state index < -0.39 is 4.92 Å². The van der Waals surface area contributed by atoms with Crippen LogP contribution in [0.3, 0.4) is 0 Å². The fraction of sp³-hybridized carbons (Fsp3) is 0.300. The molecule has 7 nitrogen and oxygen atoms in total. The van der Waals surface area contributed by atoms with Gasteiger partial charge in [-0.15, -0.1) is 0 Å². The molecule has 1 aliphatic rings. The number of quaternary nitrogens is 1. The van der Waals surface area contributed by atoms with E-state index in [0.717, 1.165) is 31.7 Å². The molecule has 1 saturated heterocycles. The Hall–Kier alpha value is -3.06. The molecule has 2 aromatic carbocycles. The maximum absolute atomic E-state index is 12.5. The molecular formula is C20H23N4O3+. The van der Waals surface area contributed by atoms with Gasteiger partial charge in [-0.25, -0.2) is 0 Å². The van der Waals surface area contributed by atoms with Gasteiger partial charge in [-0.2, -0.15) is 0 Å². The molecule has 1 amide bonds. The van der Waals surface area contributed by atoms with Crippen molar-refractivity contribution in [2.45, 2.75) is 0 Å². The van der Waals surface area contributed by atoms with Crippen LogP contribution in [0.4, 0.5) is 5.69 Å². The van der Waals surface area contributed by atoms with Crippen molar-refractivity contribution in [1.82, 2.24) is 4.90 Å². The van der Waals surface area contributed by atoms with Crippen LogP contribution in [0.2, 0.25) is 0 Å². The molecule has 0 atom stereocenters. The number of nitrogens with zero attached hydrogens (tertiary/aromatic N) is 3. The predicted molar refractivity (Wildman–Crippen MR) is 103 cm³/mol. The number of carbonyl (C=O) groups is 1. The van der Waals surface area contributed by atoms with Gasteiger partial charge < -0.3 is 9.80 Å². The summed E-state index contributed by atoms with van der Waals surface area (Å²) < 4.78 is 0. The topological polar surface area (TPSA) is 80.2 Å². The lowest BCUT2D eigenvalue weighted by Crippen LogP contribution is -3.15. The van der Waals surface area contributed by atoms with E-state index in [4.69, 9.17) is 0 Å². The van der Waals surface area contributed by atoms with Crippen LogP contribution >= 0.6 is 0 Å². The highest BCUT2D eigenvalue weighted by atomic mass is 16.6. The van der Waals surface area contributed by atoms with Crippen LogP contribution in [-0.4, -0.2) is 61.2 Å². The minimum atomic E-state index is -0.462. The highest BCUT2D eigenvalue weighted by Gasteiger charge is 2.24. The van der Waals surface area contributed by atoms with Crippen molar-refractivity contribution in [3.8, 4) is 0 Å². The first-order chi connectivity index (χ1) is 13.1. The number of nitro groups is 1. The van der Waals surface area contributed by atoms with E-state index in [1.54, 1.807) is 0 Å². The average Bonchev–Trinajstić information content (AvgIpc) is 2.72. The molecule has 2 aromatic rings. The Balaban J connectivity index is 1.43. The minimum Gasteiger partial charge on any atom is -0.330 e. The SMILES string of the molecule is O=C(c1ccc([N+](=O)[O-])cc1)N1CC[NH+](CCN=Cc2ccccc2)CC1. The van der Waals surface area contributed by atoms with Gasteiger partial charge in [-0.1, -0.05) is 30.3 Å². The Morgan fingerprint density at radius 3 is 2.41 bits per heavy atom. The Kier molecular flexibility index (Phi) is 6.27. The zero-order chi connectivity index (χ0) is 19.1. The third kappa shape index (κ3) is 5.21. The molecule has 1 N–H and O–H groups in total. The summed E-state index contributed by atoms with van der Waals surface area (Å²) in [6, 6.07) is 15.8. The highest BCUT2D eigenvalue weighted by molar-refractivity contribution is 5.94. The number of aliphatic imine (C=N–C) groups is 1. The van der Waals surface area contributed by atoms with Crippen LogP contribution in [0, 0.1) is 10.1 Å². The lowest BCUT2D eigenvalue weighted by atomic mass is 10.1. The van der Waals surface area contributed by atoms with Crippen LogP contribution in [0.1, 0.15) is 15.9 Å². The largest absolute Gasteiger partial charge is 0.330 e. The van der Waals surface area contributed by atoms with Crippen LogP contribution in [0.25, 0.3) is 0 Å². The molecule has 1 aliphatic heterocycles. The quantitative estimate of drug-likeness (QED) is 0.471. The van der Waals surface area contributed by atoms with Crippen molar-refractivity contribution in [2.24, 2.45) is 4.99 Å². The third-order valence-corrected chi connectivity index (χ3v) is 4.72. The van der Waals surface area contributed by atoms with Crippen LogP contribution in [-0.2, 0) is 0 Å². The van der Waals surface area contributed by atoms with Crippen molar-refractivity contribution >= 4 is 17.8 Å². The van der Waals surface area contributed by atoms with Gasteiger partial charge in [0.1, 0.15) is 0 Å². The minimum absolute atomic E-state index is 0.00290. The first-order valence-corrected chi connectivity index (χ1v) is 9.05. The summed E-state index contributed by atoms with van der Waals surface area (Å²) in [7, 11) is 0. The molecule has 7 heteroatoms. The summed E-state index contributed by atoms with van der Waals surface area (Å²) in [5, 5.41) is 10.7. The van der Waals surface area contributed by atoms with E-state index in [1.165, 1.54) is 29.2 Å². The third-order valence-electron chi connectivity index (χ3n) is 4.72. The second kappa shape index (κ2) is 9.05. The van der Waals surface area contributed by atoms with Gasteiger partial charge in [-0.05, 0) is 17.7 Å². The number of piperazine rings is 1. The van der Waals surface area contributed by atoms with Crippen molar-refractivity contribution in [3.63, 3.8) is 0 Å². The maximum Gasteiger partial charge on any atom is 0.269 e. The van der Waals surface area contributed by atoms with Gasteiger partial charge in [-0.3, -0.25) is 19.9 Å². The summed E-state index contributed by atoms with van der Waals surface area (Å²) in [6.07, 6.45) is 1.90. The number of carbonyl (C=O) groups excluding carboxylic acids is 1. The normalized spacial score (nSPS) is 15.2. The van der Waals surface area contributed by atoms with Crippen LogP contribution < -0.4 is 4.90 Å². The van der Waals surface area contributed by atoms with Crippen LogP contribution in [0.15, 0.2) is 59.6 Å². The summed E-state index contributed by atoms with van der Waals surface area (Å²) in [4.78, 5) is 30.5. The van der Waals surface area contributed by atoms with Gasteiger partial charge in [0.25, 0.3) is 11.6 Å². The first kappa shape index (κ1) is 18.7. The Labute approximate surface area is 158 Å². The molecule has 0 unspecified atom stereocenters.